The predicted molar refractivity (Wildman–Crippen MR) is 68.7 cm³/mol. The lowest BCUT2D eigenvalue weighted by Crippen LogP contribution is -1.92. The van der Waals surface area contributed by atoms with E-state index in [4.69, 9.17) is 0 Å². The third-order valence-electron chi connectivity index (χ3n) is 2.76. The van der Waals surface area contributed by atoms with Gasteiger partial charge in [-0.25, -0.2) is 0 Å². The zero-order chi connectivity index (χ0) is 11.8. The van der Waals surface area contributed by atoms with Crippen LogP contribution in [-0.4, -0.2) is 9.78 Å². The second-order valence-corrected chi connectivity index (χ2v) is 4.81. The molecule has 0 saturated heterocycles. The summed E-state index contributed by atoms with van der Waals surface area (Å²) in [4.78, 5) is 0.994. The van der Waals surface area contributed by atoms with Crippen molar-refractivity contribution in [3.8, 4) is 16.6 Å². The Bertz CT molecular complexity index is 731. The summed E-state index contributed by atoms with van der Waals surface area (Å²) in [5.74, 6) is 0. The monoisotopic (exact) mass is 239 g/mol. The quantitative estimate of drug-likeness (QED) is 0.654. The molecule has 0 aliphatic carbocycles. The molecule has 0 aliphatic heterocycles. The number of hydrogen-bond donors (Lipinski definition) is 0. The molecule has 0 saturated carbocycles. The molecule has 3 nitrogen and oxygen atoms in total. The van der Waals surface area contributed by atoms with E-state index in [2.05, 4.69) is 11.2 Å². The minimum Gasteiger partial charge on any atom is -0.267 e. The van der Waals surface area contributed by atoms with E-state index in [1.54, 1.807) is 22.2 Å². The molecule has 2 heterocycles. The third kappa shape index (κ3) is 1.44. The van der Waals surface area contributed by atoms with Crippen LogP contribution < -0.4 is 0 Å². The van der Waals surface area contributed by atoms with Crippen molar-refractivity contribution < 1.29 is 0 Å². The minimum atomic E-state index is 0.745. The smallest absolute Gasteiger partial charge is 0.101 e. The van der Waals surface area contributed by atoms with Crippen molar-refractivity contribution in [2.75, 3.05) is 0 Å². The maximum atomic E-state index is 9.32. The maximum absolute atomic E-state index is 9.32. The van der Waals surface area contributed by atoms with Crippen LogP contribution in [0.2, 0.25) is 0 Å². The maximum Gasteiger partial charge on any atom is 0.101 e. The zero-order valence-electron chi connectivity index (χ0n) is 9.21. The van der Waals surface area contributed by atoms with E-state index in [1.165, 1.54) is 0 Å². The highest BCUT2D eigenvalue weighted by Crippen LogP contribution is 2.37. The molecule has 0 spiro atoms. The van der Waals surface area contributed by atoms with Gasteiger partial charge in [0.15, 0.2) is 0 Å². The largest absolute Gasteiger partial charge is 0.267 e. The van der Waals surface area contributed by atoms with Crippen LogP contribution in [0.4, 0.5) is 0 Å². The number of nitrogens with zero attached hydrogens (tertiary/aromatic N) is 3. The highest BCUT2D eigenvalue weighted by molar-refractivity contribution is 7.22. The average molecular weight is 239 g/mol. The van der Waals surface area contributed by atoms with Gasteiger partial charge in [0.05, 0.1) is 16.1 Å². The second-order valence-electron chi connectivity index (χ2n) is 3.75. The average Bonchev–Trinajstić information content (AvgIpc) is 2.91. The van der Waals surface area contributed by atoms with Crippen molar-refractivity contribution in [3.05, 3.63) is 42.1 Å². The topological polar surface area (TPSA) is 41.6 Å². The van der Waals surface area contributed by atoms with Gasteiger partial charge in [-0.15, -0.1) is 11.3 Å². The lowest BCUT2D eigenvalue weighted by molar-refractivity contribution is 0.777. The number of rotatable bonds is 1. The molecule has 0 bridgehead atoms. The van der Waals surface area contributed by atoms with E-state index in [9.17, 15) is 5.26 Å². The van der Waals surface area contributed by atoms with Crippen molar-refractivity contribution in [1.82, 2.24) is 9.78 Å². The van der Waals surface area contributed by atoms with E-state index in [1.807, 2.05) is 37.4 Å². The summed E-state index contributed by atoms with van der Waals surface area (Å²) in [6.45, 7) is 0. The van der Waals surface area contributed by atoms with Crippen molar-refractivity contribution in [3.63, 3.8) is 0 Å². The Morgan fingerprint density at radius 2 is 2.12 bits per heavy atom. The van der Waals surface area contributed by atoms with Crippen LogP contribution in [-0.2, 0) is 7.05 Å². The Balaban J connectivity index is 2.38. The standard InChI is InChI=1S/C13H9N3S/c1-16-11(6-7-15-16)13-10(8-14)9-4-2-3-5-12(9)17-13/h2-7H,1H3. The van der Waals surface area contributed by atoms with Crippen molar-refractivity contribution >= 4 is 21.4 Å². The normalized spacial score (nSPS) is 10.6. The fourth-order valence-electron chi connectivity index (χ4n) is 1.93. The molecule has 0 N–H and O–H groups in total. The number of thiophene rings is 1. The third-order valence-corrected chi connectivity index (χ3v) is 3.95. The first-order valence-electron chi connectivity index (χ1n) is 5.21. The Hall–Kier alpha value is -2.12. The summed E-state index contributed by atoms with van der Waals surface area (Å²) in [7, 11) is 1.89. The fraction of sp³-hybridized carbons (Fsp3) is 0.0769. The number of hydrogen-bond acceptors (Lipinski definition) is 3. The van der Waals surface area contributed by atoms with Crippen LogP contribution in [0.5, 0.6) is 0 Å². The van der Waals surface area contributed by atoms with Crippen LogP contribution in [0.25, 0.3) is 20.7 Å². The summed E-state index contributed by atoms with van der Waals surface area (Å²) in [5, 5.41) is 14.5. The molecule has 0 amide bonds. The molecule has 0 atom stereocenters. The van der Waals surface area contributed by atoms with Crippen LogP contribution >= 0.6 is 11.3 Å². The van der Waals surface area contributed by atoms with Gasteiger partial charge in [0.2, 0.25) is 0 Å². The highest BCUT2D eigenvalue weighted by atomic mass is 32.1. The van der Waals surface area contributed by atoms with E-state index in [0.717, 1.165) is 26.2 Å². The van der Waals surface area contributed by atoms with Crippen molar-refractivity contribution in [1.29, 1.82) is 5.26 Å². The molecule has 2 aromatic heterocycles. The first-order chi connectivity index (χ1) is 8.31. The number of aromatic nitrogens is 2. The van der Waals surface area contributed by atoms with Gasteiger partial charge in [-0.1, -0.05) is 18.2 Å². The lowest BCUT2D eigenvalue weighted by Gasteiger charge is -1.98. The van der Waals surface area contributed by atoms with Crippen molar-refractivity contribution in [2.45, 2.75) is 0 Å². The molecule has 3 rings (SSSR count). The summed E-state index contributed by atoms with van der Waals surface area (Å²) in [5.41, 5.74) is 1.73. The number of fused-ring (bicyclic) bond motifs is 1. The van der Waals surface area contributed by atoms with Gasteiger partial charge in [0, 0.05) is 23.3 Å². The summed E-state index contributed by atoms with van der Waals surface area (Å²) >= 11 is 1.64. The van der Waals surface area contributed by atoms with E-state index >= 15 is 0 Å². The van der Waals surface area contributed by atoms with Crippen molar-refractivity contribution in [2.24, 2.45) is 7.05 Å². The highest BCUT2D eigenvalue weighted by Gasteiger charge is 2.15. The van der Waals surface area contributed by atoms with E-state index in [-0.39, 0.29) is 0 Å². The zero-order valence-corrected chi connectivity index (χ0v) is 10.0. The van der Waals surface area contributed by atoms with Gasteiger partial charge >= 0.3 is 0 Å². The van der Waals surface area contributed by atoms with Gasteiger partial charge in [0.25, 0.3) is 0 Å². The van der Waals surface area contributed by atoms with Gasteiger partial charge in [0.1, 0.15) is 6.07 Å². The predicted octanol–water partition coefficient (Wildman–Crippen LogP) is 3.17. The molecule has 3 aromatic rings. The van der Waals surface area contributed by atoms with Crippen LogP contribution in [0.1, 0.15) is 5.56 Å². The van der Waals surface area contributed by atoms with Crippen LogP contribution in [0.3, 0.4) is 0 Å². The molecule has 0 radical (unpaired) electrons. The summed E-state index contributed by atoms with van der Waals surface area (Å²) < 4.78 is 2.94. The Morgan fingerprint density at radius 3 is 2.82 bits per heavy atom. The van der Waals surface area contributed by atoms with Gasteiger partial charge < -0.3 is 0 Å². The lowest BCUT2D eigenvalue weighted by atomic mass is 10.1. The first kappa shape index (κ1) is 10.1. The Kier molecular flexibility index (Phi) is 2.20. The molecule has 17 heavy (non-hydrogen) atoms. The number of aryl methyl sites for hydroxylation is 1. The fourth-order valence-corrected chi connectivity index (χ4v) is 3.14. The van der Waals surface area contributed by atoms with Gasteiger partial charge in [-0.2, -0.15) is 10.4 Å². The molecular formula is C13H9N3S. The Labute approximate surface area is 103 Å². The molecule has 0 aliphatic rings. The molecule has 0 unspecified atom stereocenters. The minimum absolute atomic E-state index is 0.745. The first-order valence-corrected chi connectivity index (χ1v) is 6.03. The molecule has 4 heteroatoms. The Morgan fingerprint density at radius 1 is 1.29 bits per heavy atom. The molecule has 82 valence electrons. The second kappa shape index (κ2) is 3.72. The number of nitriles is 1. The van der Waals surface area contributed by atoms with Gasteiger partial charge in [-0.3, -0.25) is 4.68 Å². The summed E-state index contributed by atoms with van der Waals surface area (Å²) in [6, 6.07) is 12.2. The van der Waals surface area contributed by atoms with Gasteiger partial charge in [-0.05, 0) is 12.1 Å². The number of benzene rings is 1. The summed E-state index contributed by atoms with van der Waals surface area (Å²) in [6.07, 6.45) is 1.75. The van der Waals surface area contributed by atoms with E-state index < -0.39 is 0 Å². The molecular weight excluding hydrogens is 230 g/mol. The van der Waals surface area contributed by atoms with Crippen LogP contribution in [0, 0.1) is 11.3 Å². The van der Waals surface area contributed by atoms with Crippen LogP contribution in [0.15, 0.2) is 36.5 Å². The SMILES string of the molecule is Cn1nccc1-c1sc2ccccc2c1C#N. The molecule has 0 fully saturated rings. The molecule has 1 aromatic carbocycles. The van der Waals surface area contributed by atoms with E-state index in [0.29, 0.717) is 0 Å².